The van der Waals surface area contributed by atoms with E-state index in [2.05, 4.69) is 20.3 Å². The molecule has 160 valence electrons. The highest BCUT2D eigenvalue weighted by molar-refractivity contribution is 6.30. The van der Waals surface area contributed by atoms with Gasteiger partial charge >= 0.3 is 12.2 Å². The molecule has 1 N–H and O–H groups in total. The fourth-order valence-electron chi connectivity index (χ4n) is 3.00. The number of nitrogens with zero attached hydrogens (tertiary/aromatic N) is 5. The van der Waals surface area contributed by atoms with E-state index in [4.69, 9.17) is 11.6 Å². The number of pyridine rings is 1. The molecule has 8 nitrogen and oxygen atoms in total. The van der Waals surface area contributed by atoms with Crippen molar-refractivity contribution in [3.05, 3.63) is 41.3 Å². The average molecular weight is 443 g/mol. The number of halogens is 4. The molecule has 0 saturated carbocycles. The van der Waals surface area contributed by atoms with Crippen molar-refractivity contribution in [1.82, 2.24) is 19.9 Å². The highest BCUT2D eigenvalue weighted by Gasteiger charge is 2.42. The summed E-state index contributed by atoms with van der Waals surface area (Å²) in [6, 6.07) is 2.09. The molecule has 3 heterocycles. The summed E-state index contributed by atoms with van der Waals surface area (Å²) in [5, 5.41) is 2.96. The smallest absolute Gasteiger partial charge is 0.310 e. The predicted molar refractivity (Wildman–Crippen MR) is 103 cm³/mol. The SMILES string of the molecule is CC(C)[C@H]1CN(c2ncc(C(F)(F)F)cn2)C(=O)N1CC(=O)Nc1cc(Cl)ccn1. The van der Waals surface area contributed by atoms with Gasteiger partial charge in [0.25, 0.3) is 0 Å². The molecule has 0 aliphatic carbocycles. The topological polar surface area (TPSA) is 91.3 Å². The van der Waals surface area contributed by atoms with E-state index in [-0.39, 0.29) is 36.8 Å². The van der Waals surface area contributed by atoms with Crippen LogP contribution >= 0.6 is 11.6 Å². The summed E-state index contributed by atoms with van der Waals surface area (Å²) in [4.78, 5) is 39.2. The van der Waals surface area contributed by atoms with Crippen molar-refractivity contribution < 1.29 is 22.8 Å². The van der Waals surface area contributed by atoms with Gasteiger partial charge in [-0.15, -0.1) is 0 Å². The average Bonchev–Trinajstić information content (AvgIpc) is 2.98. The molecule has 1 atom stereocenters. The van der Waals surface area contributed by atoms with Crippen LogP contribution in [-0.2, 0) is 11.0 Å². The number of carbonyl (C=O) groups is 2. The summed E-state index contributed by atoms with van der Waals surface area (Å²) in [5.74, 6) is -0.425. The van der Waals surface area contributed by atoms with E-state index < -0.39 is 23.7 Å². The standard InChI is InChI=1S/C18H18ClF3N6O2/c1-10(2)13-8-28(16-24-6-11(7-25-16)18(20,21)22)17(30)27(13)9-15(29)26-14-5-12(19)3-4-23-14/h3-7,10,13H,8-9H2,1-2H3,(H,23,26,29)/t13-/m1/s1. The quantitative estimate of drug-likeness (QED) is 0.765. The molecule has 1 fully saturated rings. The molecule has 2 aromatic heterocycles. The minimum atomic E-state index is -4.58. The zero-order valence-corrected chi connectivity index (χ0v) is 16.8. The van der Waals surface area contributed by atoms with Gasteiger partial charge in [0.15, 0.2) is 0 Å². The molecule has 1 aliphatic rings. The summed E-state index contributed by atoms with van der Waals surface area (Å²) >= 11 is 5.87. The number of urea groups is 1. The van der Waals surface area contributed by atoms with Gasteiger partial charge in [-0.1, -0.05) is 25.4 Å². The number of carbonyl (C=O) groups excluding carboxylic acids is 2. The van der Waals surface area contributed by atoms with Crippen molar-refractivity contribution in [2.24, 2.45) is 5.92 Å². The van der Waals surface area contributed by atoms with Crippen molar-refractivity contribution in [1.29, 1.82) is 0 Å². The molecular formula is C18H18ClF3N6O2. The Labute approximate surface area is 175 Å². The van der Waals surface area contributed by atoms with Crippen LogP contribution < -0.4 is 10.2 Å². The van der Waals surface area contributed by atoms with Crippen LogP contribution in [-0.4, -0.2) is 50.9 Å². The summed E-state index contributed by atoms with van der Waals surface area (Å²) < 4.78 is 38.2. The number of rotatable bonds is 5. The maximum Gasteiger partial charge on any atom is 0.419 e. The molecule has 0 radical (unpaired) electrons. The van der Waals surface area contributed by atoms with Crippen molar-refractivity contribution in [2.45, 2.75) is 26.1 Å². The molecule has 0 bridgehead atoms. The Balaban J connectivity index is 1.75. The van der Waals surface area contributed by atoms with Gasteiger partial charge in [-0.3, -0.25) is 9.69 Å². The van der Waals surface area contributed by atoms with E-state index in [9.17, 15) is 22.8 Å². The molecule has 30 heavy (non-hydrogen) atoms. The third kappa shape index (κ3) is 4.78. The Hall–Kier alpha value is -2.95. The number of nitrogens with one attached hydrogen (secondary N) is 1. The fourth-order valence-corrected chi connectivity index (χ4v) is 3.16. The Bertz CT molecular complexity index is 938. The lowest BCUT2D eigenvalue weighted by Crippen LogP contribution is -2.43. The lowest BCUT2D eigenvalue weighted by Gasteiger charge is -2.25. The molecule has 3 rings (SSSR count). The maximum absolute atomic E-state index is 12.9. The number of aromatic nitrogens is 3. The van der Waals surface area contributed by atoms with Gasteiger partial charge in [0.2, 0.25) is 11.9 Å². The van der Waals surface area contributed by atoms with E-state index in [0.29, 0.717) is 17.4 Å². The van der Waals surface area contributed by atoms with Crippen molar-refractivity contribution in [2.75, 3.05) is 23.3 Å². The highest BCUT2D eigenvalue weighted by atomic mass is 35.5. The molecule has 12 heteroatoms. The summed E-state index contributed by atoms with van der Waals surface area (Å²) in [6.45, 7) is 3.62. The first kappa shape index (κ1) is 21.8. The minimum absolute atomic E-state index is 0.0227. The van der Waals surface area contributed by atoms with E-state index in [0.717, 1.165) is 4.90 Å². The van der Waals surface area contributed by atoms with Crippen molar-refractivity contribution in [3.8, 4) is 0 Å². The highest BCUT2D eigenvalue weighted by Crippen LogP contribution is 2.30. The molecular weight excluding hydrogens is 425 g/mol. The molecule has 0 spiro atoms. The first-order chi connectivity index (χ1) is 14.1. The summed E-state index contributed by atoms with van der Waals surface area (Å²) in [6.07, 6.45) is -1.90. The molecule has 2 aromatic rings. The number of hydrogen-bond acceptors (Lipinski definition) is 5. The van der Waals surface area contributed by atoms with Crippen LogP contribution in [0.1, 0.15) is 19.4 Å². The van der Waals surface area contributed by atoms with Gasteiger partial charge < -0.3 is 10.2 Å². The third-order valence-electron chi connectivity index (χ3n) is 4.53. The Morgan fingerprint density at radius 2 is 1.97 bits per heavy atom. The second kappa shape index (κ2) is 8.42. The van der Waals surface area contributed by atoms with Crippen molar-refractivity contribution >= 4 is 35.3 Å². The second-order valence-electron chi connectivity index (χ2n) is 7.01. The van der Waals surface area contributed by atoms with Crippen LogP contribution in [0.4, 0.5) is 29.7 Å². The fraction of sp³-hybridized carbons (Fsp3) is 0.389. The third-order valence-corrected chi connectivity index (χ3v) is 4.76. The largest absolute Gasteiger partial charge is 0.419 e. The van der Waals surface area contributed by atoms with Crippen LogP contribution in [0.5, 0.6) is 0 Å². The van der Waals surface area contributed by atoms with E-state index in [1.165, 1.54) is 17.2 Å². The van der Waals surface area contributed by atoms with Crippen LogP contribution in [0.25, 0.3) is 0 Å². The van der Waals surface area contributed by atoms with Gasteiger partial charge in [-0.25, -0.2) is 19.7 Å². The number of amides is 3. The van der Waals surface area contributed by atoms with Gasteiger partial charge in [0.05, 0.1) is 18.2 Å². The monoisotopic (exact) mass is 442 g/mol. The van der Waals surface area contributed by atoms with Gasteiger partial charge in [-0.2, -0.15) is 13.2 Å². The van der Waals surface area contributed by atoms with Crippen LogP contribution in [0.2, 0.25) is 5.02 Å². The van der Waals surface area contributed by atoms with Crippen molar-refractivity contribution in [3.63, 3.8) is 0 Å². The van der Waals surface area contributed by atoms with Gasteiger partial charge in [-0.05, 0) is 18.1 Å². The van der Waals surface area contributed by atoms with Gasteiger partial charge in [0, 0.05) is 23.6 Å². The Morgan fingerprint density at radius 3 is 2.53 bits per heavy atom. The Kier molecular flexibility index (Phi) is 6.11. The first-order valence-electron chi connectivity index (χ1n) is 8.95. The predicted octanol–water partition coefficient (Wildman–Crippen LogP) is 3.45. The van der Waals surface area contributed by atoms with Gasteiger partial charge in [0.1, 0.15) is 12.4 Å². The van der Waals surface area contributed by atoms with Crippen LogP contribution in [0, 0.1) is 5.92 Å². The maximum atomic E-state index is 12.9. The van der Waals surface area contributed by atoms with E-state index in [1.807, 2.05) is 13.8 Å². The zero-order valence-electron chi connectivity index (χ0n) is 16.0. The van der Waals surface area contributed by atoms with E-state index >= 15 is 0 Å². The number of hydrogen-bond donors (Lipinski definition) is 1. The Morgan fingerprint density at radius 1 is 1.30 bits per heavy atom. The lowest BCUT2D eigenvalue weighted by atomic mass is 10.0. The van der Waals surface area contributed by atoms with Crippen LogP contribution in [0.15, 0.2) is 30.7 Å². The summed E-state index contributed by atoms with van der Waals surface area (Å²) in [5.41, 5.74) is -1.01. The van der Waals surface area contributed by atoms with Crippen LogP contribution in [0.3, 0.4) is 0 Å². The lowest BCUT2D eigenvalue weighted by molar-refractivity contribution is -0.138. The second-order valence-corrected chi connectivity index (χ2v) is 7.45. The minimum Gasteiger partial charge on any atom is -0.310 e. The molecule has 1 aliphatic heterocycles. The van der Waals surface area contributed by atoms with E-state index in [1.54, 1.807) is 6.07 Å². The molecule has 0 aromatic carbocycles. The molecule has 1 saturated heterocycles. The number of alkyl halides is 3. The molecule has 3 amide bonds. The number of anilines is 2. The summed E-state index contributed by atoms with van der Waals surface area (Å²) in [7, 11) is 0. The first-order valence-corrected chi connectivity index (χ1v) is 9.33. The molecule has 0 unspecified atom stereocenters. The zero-order chi connectivity index (χ0) is 22.1. The normalized spacial score (nSPS) is 17.0.